The Morgan fingerprint density at radius 1 is 0.455 bits per heavy atom. The topological polar surface area (TPSA) is 4.93 Å². The Kier molecular flexibility index (Phi) is 5.78. The number of nitrogens with zero attached hydrogens (tertiary/aromatic N) is 1. The molecule has 0 bridgehead atoms. The largest absolute Gasteiger partial charge is 0.309 e. The smallest absolute Gasteiger partial charge is 0.0535 e. The van der Waals surface area contributed by atoms with Crippen molar-refractivity contribution in [2.24, 2.45) is 0 Å². The zero-order chi connectivity index (χ0) is 22.6. The van der Waals surface area contributed by atoms with E-state index in [0.717, 1.165) is 0 Å². The fourth-order valence-electron chi connectivity index (χ4n) is 4.11. The normalized spacial score (nSPS) is 11.2. The average Bonchev–Trinajstić information content (AvgIpc) is 3.30. The Morgan fingerprint density at radius 2 is 0.909 bits per heavy atom. The van der Waals surface area contributed by atoms with Crippen LogP contribution >= 0.6 is 0 Å². The predicted molar refractivity (Wildman–Crippen MR) is 141 cm³/mol. The number of hydrogen-bond acceptors (Lipinski definition) is 0. The van der Waals surface area contributed by atoms with Crippen LogP contribution in [0.1, 0.15) is 22.3 Å². The van der Waals surface area contributed by atoms with Crippen LogP contribution in [0.5, 0.6) is 0 Å². The second-order valence-electron chi connectivity index (χ2n) is 8.51. The summed E-state index contributed by atoms with van der Waals surface area (Å²) in [7, 11) is 0. The molecule has 0 amide bonds. The van der Waals surface area contributed by atoms with E-state index in [-0.39, 0.29) is 0 Å². The minimum atomic E-state index is 1.17. The van der Waals surface area contributed by atoms with E-state index in [4.69, 9.17) is 0 Å². The molecule has 1 aromatic heterocycles. The number of aryl methyl sites for hydroxylation is 2. The van der Waals surface area contributed by atoms with E-state index in [1.165, 1.54) is 50.5 Å². The molecule has 0 atom stereocenters. The van der Waals surface area contributed by atoms with E-state index in [1.54, 1.807) is 0 Å². The summed E-state index contributed by atoms with van der Waals surface area (Å²) in [4.78, 5) is 0. The lowest BCUT2D eigenvalue weighted by molar-refractivity contribution is 1.09. The van der Waals surface area contributed by atoms with Gasteiger partial charge in [-0.25, -0.2) is 0 Å². The van der Waals surface area contributed by atoms with Crippen molar-refractivity contribution >= 4 is 12.2 Å². The lowest BCUT2D eigenvalue weighted by Gasteiger charge is -2.15. The molecule has 160 valence electrons. The van der Waals surface area contributed by atoms with E-state index in [9.17, 15) is 0 Å². The van der Waals surface area contributed by atoms with Gasteiger partial charge in [-0.1, -0.05) is 114 Å². The Balaban J connectivity index is 1.54. The molecule has 0 radical (unpaired) electrons. The summed E-state index contributed by atoms with van der Waals surface area (Å²) < 4.78 is 2.36. The molecule has 0 fully saturated rings. The van der Waals surface area contributed by atoms with Crippen molar-refractivity contribution in [3.05, 3.63) is 138 Å². The van der Waals surface area contributed by atoms with E-state index >= 15 is 0 Å². The summed E-state index contributed by atoms with van der Waals surface area (Å²) in [6.07, 6.45) is 4.31. The van der Waals surface area contributed by atoms with Gasteiger partial charge in [0.1, 0.15) is 0 Å². The van der Waals surface area contributed by atoms with Crippen molar-refractivity contribution < 1.29 is 0 Å². The third-order valence-electron chi connectivity index (χ3n) is 5.99. The summed E-state index contributed by atoms with van der Waals surface area (Å²) in [6.45, 7) is 4.25. The third-order valence-corrected chi connectivity index (χ3v) is 5.99. The Hall–Kier alpha value is -4.10. The lowest BCUT2D eigenvalue weighted by Crippen LogP contribution is -1.99. The van der Waals surface area contributed by atoms with Crippen LogP contribution in [0.4, 0.5) is 0 Å². The highest BCUT2D eigenvalue weighted by molar-refractivity contribution is 5.75. The van der Waals surface area contributed by atoms with Gasteiger partial charge >= 0.3 is 0 Å². The second-order valence-corrected chi connectivity index (χ2v) is 8.51. The lowest BCUT2D eigenvalue weighted by atomic mass is 10.1. The first kappa shape index (κ1) is 20.8. The first-order valence-electron chi connectivity index (χ1n) is 11.4. The van der Waals surface area contributed by atoms with Crippen LogP contribution in [0.3, 0.4) is 0 Å². The van der Waals surface area contributed by atoms with Crippen molar-refractivity contribution in [3.63, 3.8) is 0 Å². The molecule has 0 N–H and O–H groups in total. The molecule has 0 spiro atoms. The van der Waals surface area contributed by atoms with Crippen LogP contribution < -0.4 is 0 Å². The summed E-state index contributed by atoms with van der Waals surface area (Å²) in [6, 6.07) is 41.2. The van der Waals surface area contributed by atoms with Crippen molar-refractivity contribution in [1.29, 1.82) is 0 Å². The maximum atomic E-state index is 2.36. The highest BCUT2D eigenvalue weighted by atomic mass is 15.0. The fraction of sp³-hybridized carbons (Fsp3) is 0.0625. The maximum absolute atomic E-state index is 2.36. The minimum absolute atomic E-state index is 1.17. The van der Waals surface area contributed by atoms with Gasteiger partial charge in [0.15, 0.2) is 0 Å². The quantitative estimate of drug-likeness (QED) is 0.248. The maximum Gasteiger partial charge on any atom is 0.0535 e. The zero-order valence-electron chi connectivity index (χ0n) is 19.1. The SMILES string of the molecule is Cc1ccc(-c2ccc(-c3ccc(C=Cc4ccccc4)cc3)n2-c2ccc(C)cc2)cc1. The van der Waals surface area contributed by atoms with Gasteiger partial charge in [0, 0.05) is 5.69 Å². The highest BCUT2D eigenvalue weighted by Gasteiger charge is 2.13. The minimum Gasteiger partial charge on any atom is -0.309 e. The number of aromatic nitrogens is 1. The molecule has 0 saturated carbocycles. The Labute approximate surface area is 196 Å². The highest BCUT2D eigenvalue weighted by Crippen LogP contribution is 2.33. The van der Waals surface area contributed by atoms with Crippen LogP contribution in [0.2, 0.25) is 0 Å². The molecule has 1 nitrogen and oxygen atoms in total. The first-order chi connectivity index (χ1) is 16.2. The van der Waals surface area contributed by atoms with Crippen LogP contribution in [-0.4, -0.2) is 4.57 Å². The molecule has 1 heterocycles. The van der Waals surface area contributed by atoms with Gasteiger partial charge in [0.05, 0.1) is 11.4 Å². The van der Waals surface area contributed by atoms with Gasteiger partial charge < -0.3 is 4.57 Å². The molecule has 5 rings (SSSR count). The number of hydrogen-bond donors (Lipinski definition) is 0. The van der Waals surface area contributed by atoms with Gasteiger partial charge in [-0.2, -0.15) is 0 Å². The van der Waals surface area contributed by atoms with Crippen molar-refractivity contribution in [1.82, 2.24) is 4.57 Å². The van der Waals surface area contributed by atoms with E-state index in [0.29, 0.717) is 0 Å². The zero-order valence-corrected chi connectivity index (χ0v) is 19.1. The summed E-state index contributed by atoms with van der Waals surface area (Å²) >= 11 is 0. The summed E-state index contributed by atoms with van der Waals surface area (Å²) in [5.41, 5.74) is 10.9. The molecule has 5 aromatic rings. The predicted octanol–water partition coefficient (Wildman–Crippen LogP) is 8.60. The molecule has 0 aliphatic carbocycles. The van der Waals surface area contributed by atoms with Crippen LogP contribution in [0, 0.1) is 13.8 Å². The molecule has 0 aliphatic rings. The van der Waals surface area contributed by atoms with Crippen molar-refractivity contribution in [2.75, 3.05) is 0 Å². The molecule has 1 heteroatoms. The van der Waals surface area contributed by atoms with Gasteiger partial charge in [-0.3, -0.25) is 0 Å². The average molecular weight is 426 g/mol. The molecule has 33 heavy (non-hydrogen) atoms. The molecule has 0 unspecified atom stereocenters. The van der Waals surface area contributed by atoms with Crippen molar-refractivity contribution in [3.8, 4) is 28.2 Å². The fourth-order valence-corrected chi connectivity index (χ4v) is 4.11. The molecular formula is C32H27N. The van der Waals surface area contributed by atoms with E-state index in [1.807, 2.05) is 6.07 Å². The standard InChI is InChI=1S/C32H27N/c1-24-8-16-28(17-9-24)31-22-23-32(33(31)30-20-10-25(2)11-21-30)29-18-14-27(15-19-29)13-12-26-6-4-3-5-7-26/h3-23H,1-2H3. The third kappa shape index (κ3) is 4.58. The Bertz CT molecular complexity index is 1370. The van der Waals surface area contributed by atoms with Crippen LogP contribution in [0.25, 0.3) is 40.4 Å². The second kappa shape index (κ2) is 9.18. The van der Waals surface area contributed by atoms with Crippen LogP contribution in [-0.2, 0) is 0 Å². The van der Waals surface area contributed by atoms with Gasteiger partial charge in [-0.15, -0.1) is 0 Å². The number of rotatable bonds is 5. The summed E-state index contributed by atoms with van der Waals surface area (Å²) in [5, 5.41) is 0. The molecule has 0 saturated heterocycles. The van der Waals surface area contributed by atoms with Gasteiger partial charge in [0.2, 0.25) is 0 Å². The van der Waals surface area contributed by atoms with Crippen LogP contribution in [0.15, 0.2) is 115 Å². The van der Waals surface area contributed by atoms with Crippen molar-refractivity contribution in [2.45, 2.75) is 13.8 Å². The monoisotopic (exact) mass is 425 g/mol. The number of benzene rings is 4. The molecule has 4 aromatic carbocycles. The summed E-state index contributed by atoms with van der Waals surface area (Å²) in [5.74, 6) is 0. The molecular weight excluding hydrogens is 398 g/mol. The van der Waals surface area contributed by atoms with E-state index < -0.39 is 0 Å². The van der Waals surface area contributed by atoms with Gasteiger partial charge in [-0.05, 0) is 60.4 Å². The molecule has 0 aliphatic heterocycles. The first-order valence-corrected chi connectivity index (χ1v) is 11.4. The Morgan fingerprint density at radius 3 is 1.45 bits per heavy atom. The van der Waals surface area contributed by atoms with E-state index in [2.05, 4.69) is 140 Å². The van der Waals surface area contributed by atoms with Gasteiger partial charge in [0.25, 0.3) is 0 Å².